The number of halogens is 3. The second-order valence-corrected chi connectivity index (χ2v) is 2.25. The summed E-state index contributed by atoms with van der Waals surface area (Å²) in [5.41, 5.74) is 2.46. The number of benzene rings is 1. The fourth-order valence-electron chi connectivity index (χ4n) is 0.828. The van der Waals surface area contributed by atoms with Crippen molar-refractivity contribution in [3.63, 3.8) is 0 Å². The first-order valence-electron chi connectivity index (χ1n) is 3.22. The summed E-state index contributed by atoms with van der Waals surface area (Å²) < 4.78 is 37.3. The zero-order valence-corrected chi connectivity index (χ0v) is 6.07. The van der Waals surface area contributed by atoms with E-state index in [1.165, 1.54) is 0 Å². The molecule has 12 heavy (non-hydrogen) atoms. The molecule has 0 amide bonds. The van der Waals surface area contributed by atoms with Crippen molar-refractivity contribution in [3.8, 4) is 0 Å². The Morgan fingerprint density at radius 3 is 2.08 bits per heavy atom. The van der Waals surface area contributed by atoms with E-state index in [1.54, 1.807) is 0 Å². The highest BCUT2D eigenvalue weighted by molar-refractivity contribution is 5.19. The number of hydrogen-bond acceptors (Lipinski definition) is 2. The van der Waals surface area contributed by atoms with Gasteiger partial charge < -0.3 is 0 Å². The molecule has 0 aliphatic heterocycles. The Balaban J connectivity index is 3.04. The van der Waals surface area contributed by atoms with E-state index >= 15 is 0 Å². The molecule has 1 rings (SSSR count). The van der Waals surface area contributed by atoms with Crippen LogP contribution in [0.25, 0.3) is 0 Å². The topological polar surface area (TPSA) is 38.0 Å². The van der Waals surface area contributed by atoms with E-state index in [0.717, 1.165) is 12.1 Å². The number of nitrogens with one attached hydrogen (secondary N) is 1. The van der Waals surface area contributed by atoms with Gasteiger partial charge in [0.15, 0.2) is 17.5 Å². The Labute approximate surface area is 67.2 Å². The summed E-state index contributed by atoms with van der Waals surface area (Å²) in [5.74, 6) is 1.03. The molecule has 0 radical (unpaired) electrons. The lowest BCUT2D eigenvalue weighted by Crippen LogP contribution is -2.21. The predicted octanol–water partition coefficient (Wildman–Crippen LogP) is 1.07. The molecule has 0 fully saturated rings. The Hall–Kier alpha value is -1.07. The average Bonchev–Trinajstić information content (AvgIpc) is 2.01. The molecule has 0 atom stereocenters. The van der Waals surface area contributed by atoms with E-state index in [0.29, 0.717) is 0 Å². The van der Waals surface area contributed by atoms with Gasteiger partial charge in [-0.25, -0.2) is 13.2 Å². The highest BCUT2D eigenvalue weighted by Gasteiger charge is 2.09. The lowest BCUT2D eigenvalue weighted by molar-refractivity contribution is 0.444. The minimum atomic E-state index is -1.46. The minimum absolute atomic E-state index is 0.0914. The van der Waals surface area contributed by atoms with Crippen molar-refractivity contribution >= 4 is 0 Å². The number of rotatable bonds is 2. The predicted molar refractivity (Wildman–Crippen MR) is 37.3 cm³/mol. The number of hydrogen-bond donors (Lipinski definition) is 2. The summed E-state index contributed by atoms with van der Waals surface area (Å²) in [6, 6.07) is 1.77. The zero-order valence-electron chi connectivity index (χ0n) is 6.07. The Morgan fingerprint density at radius 2 is 1.67 bits per heavy atom. The molecule has 0 bridgehead atoms. The molecule has 0 saturated heterocycles. The van der Waals surface area contributed by atoms with Gasteiger partial charge in [0, 0.05) is 6.54 Å². The van der Waals surface area contributed by atoms with Crippen LogP contribution in [0.4, 0.5) is 13.2 Å². The van der Waals surface area contributed by atoms with Crippen LogP contribution in [0, 0.1) is 17.5 Å². The van der Waals surface area contributed by atoms with Crippen LogP contribution in [-0.2, 0) is 6.54 Å². The quantitative estimate of drug-likeness (QED) is 0.402. The van der Waals surface area contributed by atoms with Gasteiger partial charge in [-0.2, -0.15) is 0 Å². The van der Waals surface area contributed by atoms with E-state index < -0.39 is 17.5 Å². The first kappa shape index (κ1) is 9.02. The Kier molecular flexibility index (Phi) is 2.67. The summed E-state index contributed by atoms with van der Waals surface area (Å²) in [6.07, 6.45) is 0. The van der Waals surface area contributed by atoms with Crippen LogP contribution in [0.5, 0.6) is 0 Å². The lowest BCUT2D eigenvalue weighted by Gasteiger charge is -2.01. The molecule has 3 N–H and O–H groups in total. The SMILES string of the molecule is NNCc1cc(F)c(F)c(F)c1. The Bertz CT molecular complexity index is 265. The second kappa shape index (κ2) is 3.55. The van der Waals surface area contributed by atoms with Crippen molar-refractivity contribution in [1.82, 2.24) is 5.43 Å². The molecular formula is C7H7F3N2. The summed E-state index contributed by atoms with van der Waals surface area (Å²) in [4.78, 5) is 0. The molecule has 0 aromatic heterocycles. The first-order chi connectivity index (χ1) is 5.65. The molecule has 0 saturated carbocycles. The van der Waals surface area contributed by atoms with Gasteiger partial charge in [-0.15, -0.1) is 0 Å². The van der Waals surface area contributed by atoms with Crippen molar-refractivity contribution in [2.45, 2.75) is 6.54 Å². The van der Waals surface area contributed by atoms with Crippen LogP contribution < -0.4 is 11.3 Å². The van der Waals surface area contributed by atoms with Gasteiger partial charge >= 0.3 is 0 Å². The van der Waals surface area contributed by atoms with Crippen molar-refractivity contribution in [2.75, 3.05) is 0 Å². The van der Waals surface area contributed by atoms with Crippen LogP contribution in [-0.4, -0.2) is 0 Å². The monoisotopic (exact) mass is 176 g/mol. The molecule has 1 aromatic carbocycles. The largest absolute Gasteiger partial charge is 0.271 e. The van der Waals surface area contributed by atoms with Crippen molar-refractivity contribution in [1.29, 1.82) is 0 Å². The zero-order chi connectivity index (χ0) is 9.14. The van der Waals surface area contributed by atoms with Crippen LogP contribution >= 0.6 is 0 Å². The van der Waals surface area contributed by atoms with Gasteiger partial charge in [0.25, 0.3) is 0 Å². The van der Waals surface area contributed by atoms with Gasteiger partial charge in [-0.1, -0.05) is 0 Å². The van der Waals surface area contributed by atoms with Crippen LogP contribution in [0.3, 0.4) is 0 Å². The molecule has 66 valence electrons. The number of hydrazine groups is 1. The van der Waals surface area contributed by atoms with Gasteiger partial charge in [0.05, 0.1) is 0 Å². The molecule has 0 heterocycles. The van der Waals surface area contributed by atoms with Gasteiger partial charge in [-0.05, 0) is 17.7 Å². The minimum Gasteiger partial charge on any atom is -0.271 e. The second-order valence-electron chi connectivity index (χ2n) is 2.25. The maximum absolute atomic E-state index is 12.5. The maximum Gasteiger partial charge on any atom is 0.194 e. The van der Waals surface area contributed by atoms with E-state index in [2.05, 4.69) is 5.43 Å². The molecule has 5 heteroatoms. The standard InChI is InChI=1S/C7H7F3N2/c8-5-1-4(3-12-11)2-6(9)7(5)10/h1-2,12H,3,11H2. The van der Waals surface area contributed by atoms with Gasteiger partial charge in [0.2, 0.25) is 0 Å². The third-order valence-corrected chi connectivity index (χ3v) is 1.35. The highest BCUT2D eigenvalue weighted by atomic mass is 19.2. The first-order valence-corrected chi connectivity index (χ1v) is 3.22. The van der Waals surface area contributed by atoms with Crippen molar-refractivity contribution in [2.24, 2.45) is 5.84 Å². The molecule has 0 unspecified atom stereocenters. The summed E-state index contributed by atoms with van der Waals surface area (Å²) in [6.45, 7) is 0.0914. The maximum atomic E-state index is 12.5. The highest BCUT2D eigenvalue weighted by Crippen LogP contribution is 2.12. The Morgan fingerprint density at radius 1 is 1.17 bits per heavy atom. The molecule has 0 spiro atoms. The summed E-state index contributed by atoms with van der Waals surface area (Å²) in [7, 11) is 0. The number of nitrogens with two attached hydrogens (primary N) is 1. The van der Waals surface area contributed by atoms with E-state index in [1.807, 2.05) is 0 Å². The fourth-order valence-corrected chi connectivity index (χ4v) is 0.828. The van der Waals surface area contributed by atoms with E-state index in [-0.39, 0.29) is 12.1 Å². The molecule has 1 aromatic rings. The molecule has 0 aliphatic rings. The van der Waals surface area contributed by atoms with E-state index in [9.17, 15) is 13.2 Å². The third kappa shape index (κ3) is 1.75. The third-order valence-electron chi connectivity index (χ3n) is 1.35. The smallest absolute Gasteiger partial charge is 0.194 e. The lowest BCUT2D eigenvalue weighted by atomic mass is 10.2. The molecule has 2 nitrogen and oxygen atoms in total. The summed E-state index contributed by atoms with van der Waals surface area (Å²) in [5, 5.41) is 0. The van der Waals surface area contributed by atoms with Crippen LogP contribution in [0.15, 0.2) is 12.1 Å². The van der Waals surface area contributed by atoms with Gasteiger partial charge in [0.1, 0.15) is 0 Å². The van der Waals surface area contributed by atoms with Gasteiger partial charge in [-0.3, -0.25) is 11.3 Å². The molecule has 0 aliphatic carbocycles. The van der Waals surface area contributed by atoms with Crippen LogP contribution in [0.1, 0.15) is 5.56 Å². The fraction of sp³-hybridized carbons (Fsp3) is 0.143. The molecular weight excluding hydrogens is 169 g/mol. The van der Waals surface area contributed by atoms with Crippen molar-refractivity contribution < 1.29 is 13.2 Å². The normalized spacial score (nSPS) is 10.3. The van der Waals surface area contributed by atoms with Crippen LogP contribution in [0.2, 0.25) is 0 Å². The van der Waals surface area contributed by atoms with E-state index in [4.69, 9.17) is 5.84 Å². The average molecular weight is 176 g/mol. The summed E-state index contributed by atoms with van der Waals surface area (Å²) >= 11 is 0. The van der Waals surface area contributed by atoms with Crippen molar-refractivity contribution in [3.05, 3.63) is 35.1 Å².